The molecule has 2 aliphatic heterocycles. The molecule has 2 fully saturated rings. The number of halogens is 3. The number of fused-ring (bicyclic) bond motifs is 1. The SMILES string of the molecule is CCOc1cc2nc(-c3cccc(C(F)(F)F)c3)c(C[N+]3(C4CCNCC4)CCCCC3)c(C(=O)OC)c2cc1OC. The fourth-order valence-electron chi connectivity index (χ4n) is 6.77. The van der Waals surface area contributed by atoms with Crippen molar-refractivity contribution in [2.24, 2.45) is 0 Å². The predicted octanol–water partition coefficient (Wildman–Crippen LogP) is 6.37. The molecule has 5 rings (SSSR count). The maximum Gasteiger partial charge on any atom is 0.416 e. The van der Waals surface area contributed by atoms with Gasteiger partial charge in [-0.15, -0.1) is 0 Å². The Bertz CT molecular complexity index is 1430. The highest BCUT2D eigenvalue weighted by Gasteiger charge is 2.41. The molecule has 0 bridgehead atoms. The van der Waals surface area contributed by atoms with Gasteiger partial charge in [0.2, 0.25) is 0 Å². The summed E-state index contributed by atoms with van der Waals surface area (Å²) in [7, 11) is 2.85. The Balaban J connectivity index is 1.82. The molecule has 0 radical (unpaired) electrons. The first-order chi connectivity index (χ1) is 20.2. The first kappa shape index (κ1) is 30.1. The summed E-state index contributed by atoms with van der Waals surface area (Å²) in [6.45, 7) is 6.41. The summed E-state index contributed by atoms with van der Waals surface area (Å²) in [5.41, 5.74) is 1.24. The Morgan fingerprint density at radius 2 is 1.79 bits per heavy atom. The lowest BCUT2D eigenvalue weighted by atomic mass is 9.90. The quantitative estimate of drug-likeness (QED) is 0.245. The number of hydrogen-bond donors (Lipinski definition) is 1. The van der Waals surface area contributed by atoms with E-state index in [1.807, 2.05) is 6.92 Å². The van der Waals surface area contributed by atoms with Gasteiger partial charge in [0.25, 0.3) is 0 Å². The van der Waals surface area contributed by atoms with Crippen LogP contribution in [0, 0.1) is 0 Å². The van der Waals surface area contributed by atoms with Gasteiger partial charge in [-0.25, -0.2) is 9.78 Å². The smallest absolute Gasteiger partial charge is 0.416 e. The summed E-state index contributed by atoms with van der Waals surface area (Å²) < 4.78 is 59.1. The molecule has 0 atom stereocenters. The van der Waals surface area contributed by atoms with Crippen LogP contribution in [0.2, 0.25) is 0 Å². The molecule has 226 valence electrons. The van der Waals surface area contributed by atoms with E-state index in [0.717, 1.165) is 74.9 Å². The molecule has 2 saturated heterocycles. The molecular weight excluding hydrogens is 547 g/mol. The van der Waals surface area contributed by atoms with Crippen molar-refractivity contribution in [1.82, 2.24) is 10.3 Å². The molecular formula is C32H39F3N3O4+. The van der Waals surface area contributed by atoms with E-state index in [0.29, 0.717) is 64.0 Å². The van der Waals surface area contributed by atoms with Crippen molar-refractivity contribution in [3.8, 4) is 22.8 Å². The van der Waals surface area contributed by atoms with Crippen LogP contribution >= 0.6 is 0 Å². The molecule has 3 heterocycles. The second kappa shape index (κ2) is 12.5. The van der Waals surface area contributed by atoms with Crippen molar-refractivity contribution < 1.29 is 36.7 Å². The van der Waals surface area contributed by atoms with E-state index in [2.05, 4.69) is 5.32 Å². The number of alkyl halides is 3. The van der Waals surface area contributed by atoms with Crippen LogP contribution in [-0.2, 0) is 17.5 Å². The summed E-state index contributed by atoms with van der Waals surface area (Å²) in [6, 6.07) is 8.98. The van der Waals surface area contributed by atoms with Crippen molar-refractivity contribution in [2.45, 2.75) is 57.8 Å². The van der Waals surface area contributed by atoms with Gasteiger partial charge in [-0.3, -0.25) is 0 Å². The number of aromatic nitrogens is 1. The normalized spacial score (nSPS) is 17.7. The molecule has 0 amide bonds. The Morgan fingerprint density at radius 1 is 1.05 bits per heavy atom. The highest BCUT2D eigenvalue weighted by atomic mass is 19.4. The topological polar surface area (TPSA) is 69.7 Å². The molecule has 3 aromatic rings. The van der Waals surface area contributed by atoms with Gasteiger partial charge in [-0.1, -0.05) is 12.1 Å². The van der Waals surface area contributed by atoms with E-state index >= 15 is 0 Å². The third kappa shape index (κ3) is 5.92. The summed E-state index contributed by atoms with van der Waals surface area (Å²) in [5, 5.41) is 3.98. The number of quaternary nitrogens is 1. The summed E-state index contributed by atoms with van der Waals surface area (Å²) in [6.07, 6.45) is 0.732. The highest BCUT2D eigenvalue weighted by molar-refractivity contribution is 6.07. The number of likely N-dealkylation sites (tertiary alicyclic amines) is 1. The van der Waals surface area contributed by atoms with Crippen LogP contribution < -0.4 is 14.8 Å². The van der Waals surface area contributed by atoms with E-state index in [1.54, 1.807) is 18.2 Å². The Hall–Kier alpha value is -3.37. The number of hydrogen-bond acceptors (Lipinski definition) is 6. The summed E-state index contributed by atoms with van der Waals surface area (Å²) in [4.78, 5) is 18.6. The fraction of sp³-hybridized carbons (Fsp3) is 0.500. The molecule has 0 spiro atoms. The van der Waals surface area contributed by atoms with Crippen LogP contribution in [0.4, 0.5) is 13.2 Å². The van der Waals surface area contributed by atoms with Gasteiger partial charge in [-0.05, 0) is 44.4 Å². The molecule has 7 nitrogen and oxygen atoms in total. The number of esters is 1. The largest absolute Gasteiger partial charge is 0.493 e. The number of ether oxygens (including phenoxy) is 3. The molecule has 2 aliphatic rings. The van der Waals surface area contributed by atoms with Crippen molar-refractivity contribution >= 4 is 16.9 Å². The third-order valence-electron chi connectivity index (χ3n) is 8.79. The first-order valence-corrected chi connectivity index (χ1v) is 14.7. The number of rotatable bonds is 8. The number of nitrogens with one attached hydrogen (secondary N) is 1. The Kier molecular flexibility index (Phi) is 8.94. The molecule has 10 heteroatoms. The Labute approximate surface area is 244 Å². The van der Waals surface area contributed by atoms with Crippen LogP contribution in [0.3, 0.4) is 0 Å². The lowest BCUT2D eigenvalue weighted by Gasteiger charge is -2.49. The number of pyridine rings is 1. The lowest BCUT2D eigenvalue weighted by molar-refractivity contribution is -0.968. The van der Waals surface area contributed by atoms with Gasteiger partial charge in [0, 0.05) is 48.5 Å². The maximum absolute atomic E-state index is 13.9. The van der Waals surface area contributed by atoms with Gasteiger partial charge in [-0.2, -0.15) is 13.2 Å². The van der Waals surface area contributed by atoms with E-state index in [-0.39, 0.29) is 0 Å². The molecule has 2 aromatic carbocycles. The van der Waals surface area contributed by atoms with Gasteiger partial charge >= 0.3 is 12.1 Å². The zero-order valence-corrected chi connectivity index (χ0v) is 24.5. The number of nitrogens with zero attached hydrogens (tertiary/aromatic N) is 2. The lowest BCUT2D eigenvalue weighted by Crippen LogP contribution is -2.60. The van der Waals surface area contributed by atoms with Crippen LogP contribution in [-0.4, -0.2) is 68.5 Å². The first-order valence-electron chi connectivity index (χ1n) is 14.7. The van der Waals surface area contributed by atoms with Gasteiger partial charge < -0.3 is 24.0 Å². The predicted molar refractivity (Wildman–Crippen MR) is 155 cm³/mol. The minimum absolute atomic E-state index is 0.307. The minimum Gasteiger partial charge on any atom is -0.493 e. The van der Waals surface area contributed by atoms with Crippen molar-refractivity contribution in [3.05, 3.63) is 53.1 Å². The van der Waals surface area contributed by atoms with E-state index in [4.69, 9.17) is 19.2 Å². The fourth-order valence-corrected chi connectivity index (χ4v) is 6.77. The molecule has 0 aliphatic carbocycles. The Morgan fingerprint density at radius 3 is 2.43 bits per heavy atom. The molecule has 1 N–H and O–H groups in total. The van der Waals surface area contributed by atoms with Crippen molar-refractivity contribution in [1.29, 1.82) is 0 Å². The van der Waals surface area contributed by atoms with Crippen LogP contribution in [0.15, 0.2) is 36.4 Å². The monoisotopic (exact) mass is 586 g/mol. The standard InChI is InChI=1S/C32H39F3N3O4/c1-4-42-28-19-26-24(18-27(28)40-2)29(31(39)41-3)25(30(37-26)21-9-8-10-22(17-21)32(33,34)35)20-38(15-6-5-7-16-38)23-11-13-36-14-12-23/h8-10,17-19,23,36H,4-7,11-16,20H2,1-3H3/q+1. The van der Waals surface area contributed by atoms with Gasteiger partial charge in [0.1, 0.15) is 6.54 Å². The number of carbonyl (C=O) groups is 1. The number of carbonyl (C=O) groups excluding carboxylic acids is 1. The molecule has 42 heavy (non-hydrogen) atoms. The molecule has 0 saturated carbocycles. The second-order valence-corrected chi connectivity index (χ2v) is 11.2. The van der Waals surface area contributed by atoms with E-state index in [1.165, 1.54) is 20.3 Å². The third-order valence-corrected chi connectivity index (χ3v) is 8.79. The highest BCUT2D eigenvalue weighted by Crippen LogP contribution is 2.41. The number of benzene rings is 2. The van der Waals surface area contributed by atoms with Crippen LogP contribution in [0.25, 0.3) is 22.2 Å². The zero-order chi connectivity index (χ0) is 29.9. The average molecular weight is 587 g/mol. The summed E-state index contributed by atoms with van der Waals surface area (Å²) >= 11 is 0. The maximum atomic E-state index is 13.9. The van der Waals surface area contributed by atoms with Crippen LogP contribution in [0.5, 0.6) is 11.5 Å². The summed E-state index contributed by atoms with van der Waals surface area (Å²) in [5.74, 6) is 0.319. The average Bonchev–Trinajstić information content (AvgIpc) is 3.01. The van der Waals surface area contributed by atoms with Crippen molar-refractivity contribution in [3.63, 3.8) is 0 Å². The minimum atomic E-state index is -4.52. The molecule has 1 aromatic heterocycles. The van der Waals surface area contributed by atoms with E-state index in [9.17, 15) is 18.0 Å². The second-order valence-electron chi connectivity index (χ2n) is 11.2. The van der Waals surface area contributed by atoms with Gasteiger partial charge in [0.05, 0.1) is 62.3 Å². The van der Waals surface area contributed by atoms with Crippen LogP contribution in [0.1, 0.15) is 60.5 Å². The van der Waals surface area contributed by atoms with Gasteiger partial charge in [0.15, 0.2) is 11.5 Å². The van der Waals surface area contributed by atoms with Crippen molar-refractivity contribution in [2.75, 3.05) is 47.0 Å². The number of piperidine rings is 2. The molecule has 0 unspecified atom stereocenters. The zero-order valence-electron chi connectivity index (χ0n) is 24.5. The number of methoxy groups -OCH3 is 2. The van der Waals surface area contributed by atoms with E-state index < -0.39 is 17.7 Å².